The van der Waals surface area contributed by atoms with E-state index in [0.29, 0.717) is 12.6 Å². The molecule has 0 amide bonds. The zero-order valence-corrected chi connectivity index (χ0v) is 15.7. The third-order valence-corrected chi connectivity index (χ3v) is 4.63. The molecular formula is C23H28N2O. The van der Waals surface area contributed by atoms with Crippen molar-refractivity contribution in [2.45, 2.75) is 26.4 Å². The highest BCUT2D eigenvalue weighted by Crippen LogP contribution is 2.23. The molecule has 1 atom stereocenters. The van der Waals surface area contributed by atoms with Gasteiger partial charge in [-0.05, 0) is 36.2 Å². The Bertz CT molecular complexity index is 826. The lowest BCUT2D eigenvalue weighted by Gasteiger charge is -2.17. The highest BCUT2D eigenvalue weighted by Gasteiger charge is 2.08. The topological polar surface area (TPSA) is 33.3 Å². The first kappa shape index (κ1) is 18.4. The summed E-state index contributed by atoms with van der Waals surface area (Å²) >= 11 is 0. The molecule has 3 heteroatoms. The van der Waals surface area contributed by atoms with E-state index >= 15 is 0 Å². The Labute approximate surface area is 156 Å². The van der Waals surface area contributed by atoms with Gasteiger partial charge in [0.2, 0.25) is 0 Å². The van der Waals surface area contributed by atoms with Gasteiger partial charge < -0.3 is 15.4 Å². The molecule has 3 aromatic rings. The first-order valence-corrected chi connectivity index (χ1v) is 9.42. The molecule has 3 aromatic carbocycles. The van der Waals surface area contributed by atoms with Crippen LogP contribution < -0.4 is 15.4 Å². The van der Waals surface area contributed by atoms with E-state index in [2.05, 4.69) is 72.2 Å². The van der Waals surface area contributed by atoms with Crippen LogP contribution in [-0.2, 0) is 6.54 Å². The van der Waals surface area contributed by atoms with E-state index in [4.69, 9.17) is 4.74 Å². The lowest BCUT2D eigenvalue weighted by Crippen LogP contribution is -2.29. The Hall–Kier alpha value is -2.36. The maximum Gasteiger partial charge on any atom is 0.123 e. The number of hydrogen-bond acceptors (Lipinski definition) is 3. The zero-order chi connectivity index (χ0) is 18.2. The first-order chi connectivity index (χ1) is 12.8. The molecule has 26 heavy (non-hydrogen) atoms. The van der Waals surface area contributed by atoms with Crippen LogP contribution in [-0.4, -0.2) is 19.7 Å². The maximum absolute atomic E-state index is 5.68. The Balaban J connectivity index is 1.49. The Morgan fingerprint density at radius 3 is 2.54 bits per heavy atom. The van der Waals surface area contributed by atoms with Crippen LogP contribution >= 0.6 is 0 Å². The molecular weight excluding hydrogens is 320 g/mol. The summed E-state index contributed by atoms with van der Waals surface area (Å²) < 4.78 is 5.68. The van der Waals surface area contributed by atoms with Crippen molar-refractivity contribution in [2.24, 2.45) is 0 Å². The number of fused-ring (bicyclic) bond motifs is 1. The fourth-order valence-electron chi connectivity index (χ4n) is 3.28. The molecule has 3 nitrogen and oxygen atoms in total. The van der Waals surface area contributed by atoms with Crippen LogP contribution in [0.15, 0.2) is 66.7 Å². The molecule has 0 aromatic heterocycles. The summed E-state index contributed by atoms with van der Waals surface area (Å²) in [6.45, 7) is 7.59. The Morgan fingerprint density at radius 1 is 0.885 bits per heavy atom. The molecule has 0 aliphatic heterocycles. The van der Waals surface area contributed by atoms with Gasteiger partial charge in [0.15, 0.2) is 0 Å². The van der Waals surface area contributed by atoms with Gasteiger partial charge in [0.1, 0.15) is 5.75 Å². The third kappa shape index (κ3) is 4.63. The maximum atomic E-state index is 5.68. The molecule has 0 heterocycles. The summed E-state index contributed by atoms with van der Waals surface area (Å²) in [5.41, 5.74) is 2.56. The molecule has 0 radical (unpaired) electrons. The summed E-state index contributed by atoms with van der Waals surface area (Å²) in [4.78, 5) is 0. The molecule has 0 bridgehead atoms. The van der Waals surface area contributed by atoms with Gasteiger partial charge in [-0.2, -0.15) is 0 Å². The molecule has 0 fully saturated rings. The lowest BCUT2D eigenvalue weighted by atomic mass is 10.00. The van der Waals surface area contributed by atoms with Crippen LogP contribution in [0.25, 0.3) is 10.8 Å². The Morgan fingerprint density at radius 2 is 1.65 bits per heavy atom. The molecule has 0 saturated carbocycles. The van der Waals surface area contributed by atoms with Gasteiger partial charge in [-0.3, -0.25) is 0 Å². The minimum absolute atomic E-state index is 0.318. The largest absolute Gasteiger partial charge is 0.494 e. The van der Waals surface area contributed by atoms with Gasteiger partial charge in [0, 0.05) is 31.2 Å². The van der Waals surface area contributed by atoms with Crippen LogP contribution in [0, 0.1) is 0 Å². The van der Waals surface area contributed by atoms with Crippen LogP contribution in [0.2, 0.25) is 0 Å². The van der Waals surface area contributed by atoms with E-state index in [-0.39, 0.29) is 0 Å². The van der Waals surface area contributed by atoms with E-state index in [0.717, 1.165) is 25.4 Å². The van der Waals surface area contributed by atoms with Gasteiger partial charge in [0.05, 0.1) is 6.61 Å². The summed E-state index contributed by atoms with van der Waals surface area (Å²) in [5.74, 6) is 0.972. The lowest BCUT2D eigenvalue weighted by molar-refractivity contribution is 0.335. The SMILES string of the molecule is CCOc1ccccc1CNCCNC(C)c1cccc2ccccc12. The summed E-state index contributed by atoms with van der Waals surface area (Å²) in [5, 5.41) is 9.75. The quantitative estimate of drug-likeness (QED) is 0.551. The summed E-state index contributed by atoms with van der Waals surface area (Å²) in [6, 6.07) is 23.6. The molecule has 0 saturated heterocycles. The van der Waals surface area contributed by atoms with Crippen molar-refractivity contribution >= 4 is 10.8 Å². The van der Waals surface area contributed by atoms with E-state index in [9.17, 15) is 0 Å². The smallest absolute Gasteiger partial charge is 0.123 e. The van der Waals surface area contributed by atoms with Gasteiger partial charge in [-0.1, -0.05) is 60.7 Å². The minimum atomic E-state index is 0.318. The van der Waals surface area contributed by atoms with Crippen LogP contribution in [0.3, 0.4) is 0 Å². The van der Waals surface area contributed by atoms with Gasteiger partial charge in [-0.25, -0.2) is 0 Å². The van der Waals surface area contributed by atoms with Crippen molar-refractivity contribution in [3.05, 3.63) is 77.9 Å². The number of nitrogens with one attached hydrogen (secondary N) is 2. The Kier molecular flexibility index (Phi) is 6.64. The second-order valence-corrected chi connectivity index (χ2v) is 6.46. The van der Waals surface area contributed by atoms with Crippen LogP contribution in [0.1, 0.15) is 31.0 Å². The normalized spacial score (nSPS) is 12.2. The van der Waals surface area contributed by atoms with Crippen molar-refractivity contribution in [1.82, 2.24) is 10.6 Å². The second-order valence-electron chi connectivity index (χ2n) is 6.46. The van der Waals surface area contributed by atoms with Crippen molar-refractivity contribution in [2.75, 3.05) is 19.7 Å². The number of para-hydroxylation sites is 1. The number of ether oxygens (including phenoxy) is 1. The number of rotatable bonds is 9. The second kappa shape index (κ2) is 9.37. The van der Waals surface area contributed by atoms with E-state index in [1.807, 2.05) is 19.1 Å². The van der Waals surface area contributed by atoms with Crippen molar-refractivity contribution < 1.29 is 4.74 Å². The fraction of sp³-hybridized carbons (Fsp3) is 0.304. The first-order valence-electron chi connectivity index (χ1n) is 9.42. The van der Waals surface area contributed by atoms with Crippen LogP contribution in [0.4, 0.5) is 0 Å². The highest BCUT2D eigenvalue weighted by atomic mass is 16.5. The fourth-order valence-corrected chi connectivity index (χ4v) is 3.28. The van der Waals surface area contributed by atoms with Crippen molar-refractivity contribution in [3.8, 4) is 5.75 Å². The molecule has 0 spiro atoms. The molecule has 2 N–H and O–H groups in total. The monoisotopic (exact) mass is 348 g/mol. The summed E-state index contributed by atoms with van der Waals surface area (Å²) in [6.07, 6.45) is 0. The number of benzene rings is 3. The molecule has 3 rings (SSSR count). The molecule has 136 valence electrons. The van der Waals surface area contributed by atoms with Crippen LogP contribution in [0.5, 0.6) is 5.75 Å². The van der Waals surface area contributed by atoms with Gasteiger partial charge >= 0.3 is 0 Å². The minimum Gasteiger partial charge on any atom is -0.494 e. The van der Waals surface area contributed by atoms with Crippen molar-refractivity contribution in [3.63, 3.8) is 0 Å². The standard InChI is InChI=1S/C23H28N2O/c1-3-26-23-14-7-5-10-20(23)17-24-15-16-25-18(2)21-13-8-11-19-9-4-6-12-22(19)21/h4-14,18,24-25H,3,15-17H2,1-2H3. The molecule has 0 aliphatic carbocycles. The average Bonchev–Trinajstić information content (AvgIpc) is 2.68. The van der Waals surface area contributed by atoms with Gasteiger partial charge in [0.25, 0.3) is 0 Å². The zero-order valence-electron chi connectivity index (χ0n) is 15.7. The average molecular weight is 348 g/mol. The molecule has 0 aliphatic rings. The predicted molar refractivity (Wildman–Crippen MR) is 110 cm³/mol. The molecule has 1 unspecified atom stereocenters. The highest BCUT2D eigenvalue weighted by molar-refractivity contribution is 5.86. The van der Waals surface area contributed by atoms with E-state index in [1.54, 1.807) is 0 Å². The predicted octanol–water partition coefficient (Wildman–Crippen LogP) is 4.68. The van der Waals surface area contributed by atoms with Gasteiger partial charge in [-0.15, -0.1) is 0 Å². The summed E-state index contributed by atoms with van der Waals surface area (Å²) in [7, 11) is 0. The van der Waals surface area contributed by atoms with E-state index < -0.39 is 0 Å². The van der Waals surface area contributed by atoms with E-state index in [1.165, 1.54) is 21.9 Å². The third-order valence-electron chi connectivity index (χ3n) is 4.63. The number of hydrogen-bond donors (Lipinski definition) is 2. The van der Waals surface area contributed by atoms with Crippen molar-refractivity contribution in [1.29, 1.82) is 0 Å².